The monoisotopic (exact) mass is 329 g/mol. The van der Waals surface area contributed by atoms with E-state index in [9.17, 15) is 9.59 Å². The number of hydrogen-bond donors (Lipinski definition) is 0. The molecule has 1 atom stereocenters. The molecule has 1 saturated carbocycles. The number of carbonyl (C=O) groups is 2. The Hall–Kier alpha value is -1.20. The number of amides is 1. The van der Waals surface area contributed by atoms with Crippen LogP contribution in [0, 0.1) is 11.3 Å². The predicted molar refractivity (Wildman–Crippen MR) is 84.9 cm³/mol. The maximum Gasteiger partial charge on any atom is 0.445 e. The maximum atomic E-state index is 11.8. The van der Waals surface area contributed by atoms with Gasteiger partial charge in [0.2, 0.25) is 0 Å². The summed E-state index contributed by atoms with van der Waals surface area (Å²) in [6.45, 7) is 3.56. The van der Waals surface area contributed by atoms with Gasteiger partial charge >= 0.3 is 6.09 Å². The molecule has 1 rings (SSSR count). The Balaban J connectivity index is 2.43. The van der Waals surface area contributed by atoms with Crippen LogP contribution >= 0.6 is 23.7 Å². The standard InChI is InChI=1S/C13H19N3O3S2/c1-10(20-9-5-8-14)15-19-12(18)16(3)21-13(2)7-4-6-11(13)17/h4-7,9H2,1-3H3. The Morgan fingerprint density at radius 2 is 2.33 bits per heavy atom. The fourth-order valence-electron chi connectivity index (χ4n) is 1.86. The zero-order valence-electron chi connectivity index (χ0n) is 12.4. The van der Waals surface area contributed by atoms with Crippen molar-refractivity contribution in [1.82, 2.24) is 4.31 Å². The van der Waals surface area contributed by atoms with Crippen LogP contribution in [0.25, 0.3) is 0 Å². The fourth-order valence-corrected chi connectivity index (χ4v) is 3.59. The van der Waals surface area contributed by atoms with Crippen LogP contribution in [0.1, 0.15) is 39.5 Å². The van der Waals surface area contributed by atoms with E-state index in [1.807, 2.05) is 13.0 Å². The molecular weight excluding hydrogens is 310 g/mol. The lowest BCUT2D eigenvalue weighted by atomic mass is 10.1. The molecule has 0 aliphatic heterocycles. The number of Topliss-reactive ketones (excluding diaryl/α,β-unsaturated/α-hetero) is 1. The van der Waals surface area contributed by atoms with E-state index in [-0.39, 0.29) is 5.78 Å². The molecule has 0 aromatic rings. The molecule has 1 amide bonds. The summed E-state index contributed by atoms with van der Waals surface area (Å²) in [5.74, 6) is 0.777. The largest absolute Gasteiger partial charge is 0.445 e. The first-order valence-electron chi connectivity index (χ1n) is 6.60. The van der Waals surface area contributed by atoms with Crippen LogP contribution in [0.15, 0.2) is 5.16 Å². The van der Waals surface area contributed by atoms with Gasteiger partial charge in [-0.2, -0.15) is 5.26 Å². The van der Waals surface area contributed by atoms with Gasteiger partial charge in [0.25, 0.3) is 0 Å². The Morgan fingerprint density at radius 3 is 2.90 bits per heavy atom. The molecule has 8 heteroatoms. The number of thioether (sulfide) groups is 1. The molecule has 0 saturated heterocycles. The fraction of sp³-hybridized carbons (Fsp3) is 0.692. The zero-order valence-corrected chi connectivity index (χ0v) is 14.1. The molecule has 0 bridgehead atoms. The molecule has 0 heterocycles. The predicted octanol–water partition coefficient (Wildman–Crippen LogP) is 3.19. The first-order chi connectivity index (χ1) is 9.89. The summed E-state index contributed by atoms with van der Waals surface area (Å²) in [7, 11) is 1.57. The first-order valence-corrected chi connectivity index (χ1v) is 8.36. The number of carbonyl (C=O) groups excluding carboxylic acids is 2. The highest BCUT2D eigenvalue weighted by Crippen LogP contribution is 2.39. The van der Waals surface area contributed by atoms with Gasteiger partial charge in [0.15, 0.2) is 0 Å². The molecule has 6 nitrogen and oxygen atoms in total. The summed E-state index contributed by atoms with van der Waals surface area (Å²) in [4.78, 5) is 28.5. The molecular formula is C13H19N3O3S2. The minimum absolute atomic E-state index is 0.166. The smallest absolute Gasteiger partial charge is 0.298 e. The van der Waals surface area contributed by atoms with Crippen LogP contribution in [-0.2, 0) is 9.63 Å². The van der Waals surface area contributed by atoms with E-state index in [1.165, 1.54) is 28.0 Å². The summed E-state index contributed by atoms with van der Waals surface area (Å²) < 4.78 is 0.758. The third-order valence-electron chi connectivity index (χ3n) is 3.02. The highest BCUT2D eigenvalue weighted by Gasteiger charge is 2.40. The average Bonchev–Trinajstić information content (AvgIpc) is 2.76. The molecule has 21 heavy (non-hydrogen) atoms. The third kappa shape index (κ3) is 5.59. The van der Waals surface area contributed by atoms with Crippen molar-refractivity contribution in [3.8, 4) is 6.07 Å². The van der Waals surface area contributed by atoms with Gasteiger partial charge in [-0.05, 0) is 38.6 Å². The van der Waals surface area contributed by atoms with Crippen LogP contribution in [0.2, 0.25) is 0 Å². The maximum absolute atomic E-state index is 11.8. The normalized spacial score (nSPS) is 22.0. The number of hydrogen-bond acceptors (Lipinski definition) is 7. The van der Waals surface area contributed by atoms with Crippen molar-refractivity contribution >= 4 is 40.6 Å². The van der Waals surface area contributed by atoms with E-state index < -0.39 is 10.8 Å². The molecule has 1 aliphatic rings. The minimum Gasteiger partial charge on any atom is -0.298 e. The van der Waals surface area contributed by atoms with E-state index in [1.54, 1.807) is 14.0 Å². The summed E-state index contributed by atoms with van der Waals surface area (Å²) in [5, 5.41) is 12.7. The van der Waals surface area contributed by atoms with Crippen molar-refractivity contribution in [2.24, 2.45) is 5.16 Å². The van der Waals surface area contributed by atoms with Crippen LogP contribution in [0.3, 0.4) is 0 Å². The van der Waals surface area contributed by atoms with E-state index in [0.29, 0.717) is 23.6 Å². The van der Waals surface area contributed by atoms with Gasteiger partial charge in [0, 0.05) is 25.6 Å². The highest BCUT2D eigenvalue weighted by atomic mass is 32.2. The minimum atomic E-state index is -0.610. The molecule has 0 radical (unpaired) electrons. The second-order valence-corrected chi connectivity index (χ2v) is 7.74. The number of nitrogens with zero attached hydrogens (tertiary/aromatic N) is 3. The number of oxime groups is 1. The molecule has 1 aliphatic carbocycles. The molecule has 1 fully saturated rings. The summed E-state index contributed by atoms with van der Waals surface area (Å²) in [6, 6.07) is 2.03. The Morgan fingerprint density at radius 1 is 1.62 bits per heavy atom. The quantitative estimate of drug-likeness (QED) is 0.192. The summed E-state index contributed by atoms with van der Waals surface area (Å²) in [5.41, 5.74) is 0. The van der Waals surface area contributed by atoms with Crippen LogP contribution in [0.5, 0.6) is 0 Å². The first kappa shape index (κ1) is 17.9. The van der Waals surface area contributed by atoms with Crippen molar-refractivity contribution < 1.29 is 14.4 Å². The number of nitriles is 1. The van der Waals surface area contributed by atoms with Gasteiger partial charge in [-0.1, -0.05) is 5.16 Å². The molecule has 1 unspecified atom stereocenters. The Bertz CT molecular complexity index is 476. The van der Waals surface area contributed by atoms with Gasteiger partial charge in [-0.25, -0.2) is 4.79 Å². The number of ketones is 1. The second kappa shape index (κ2) is 8.29. The van der Waals surface area contributed by atoms with Gasteiger partial charge in [0.1, 0.15) is 10.8 Å². The van der Waals surface area contributed by atoms with Gasteiger partial charge in [0.05, 0.1) is 10.8 Å². The van der Waals surface area contributed by atoms with Crippen LogP contribution in [0.4, 0.5) is 4.79 Å². The lowest BCUT2D eigenvalue weighted by Crippen LogP contribution is -2.33. The highest BCUT2D eigenvalue weighted by molar-refractivity contribution is 8.13. The average molecular weight is 329 g/mol. The van der Waals surface area contributed by atoms with Crippen molar-refractivity contribution in [3.63, 3.8) is 0 Å². The van der Waals surface area contributed by atoms with Gasteiger partial charge in [-0.15, -0.1) is 11.8 Å². The Kier molecular flexibility index (Phi) is 7.05. The van der Waals surface area contributed by atoms with E-state index in [0.717, 1.165) is 12.8 Å². The van der Waals surface area contributed by atoms with Crippen LogP contribution in [-0.4, -0.2) is 38.8 Å². The molecule has 0 aromatic carbocycles. The van der Waals surface area contributed by atoms with Crippen molar-refractivity contribution in [2.45, 2.75) is 44.3 Å². The molecule has 0 aromatic heterocycles. The SMILES string of the molecule is CC(=NOC(=O)N(C)SC1(C)CCCC1=O)SCCC#N. The van der Waals surface area contributed by atoms with E-state index in [4.69, 9.17) is 10.1 Å². The van der Waals surface area contributed by atoms with Gasteiger partial charge in [-0.3, -0.25) is 13.9 Å². The topological polar surface area (TPSA) is 82.8 Å². The van der Waals surface area contributed by atoms with E-state index in [2.05, 4.69) is 5.16 Å². The van der Waals surface area contributed by atoms with E-state index >= 15 is 0 Å². The van der Waals surface area contributed by atoms with Crippen molar-refractivity contribution in [2.75, 3.05) is 12.8 Å². The zero-order chi connectivity index (χ0) is 15.9. The van der Waals surface area contributed by atoms with Crippen molar-refractivity contribution in [3.05, 3.63) is 0 Å². The van der Waals surface area contributed by atoms with Crippen molar-refractivity contribution in [1.29, 1.82) is 5.26 Å². The molecule has 116 valence electrons. The summed E-state index contributed by atoms with van der Waals surface area (Å²) >= 11 is 2.55. The third-order valence-corrected chi connectivity index (χ3v) is 5.18. The lowest BCUT2D eigenvalue weighted by molar-refractivity contribution is -0.119. The van der Waals surface area contributed by atoms with Gasteiger partial charge < -0.3 is 0 Å². The Labute approximate surface area is 133 Å². The number of rotatable bonds is 5. The summed E-state index contributed by atoms with van der Waals surface area (Å²) in [6.07, 6.45) is 2.00. The molecule has 0 N–H and O–H groups in total. The second-order valence-electron chi connectivity index (χ2n) is 4.82. The van der Waals surface area contributed by atoms with Crippen LogP contribution < -0.4 is 0 Å². The lowest BCUT2D eigenvalue weighted by Gasteiger charge is -2.25. The molecule has 0 spiro atoms.